The fourth-order valence-corrected chi connectivity index (χ4v) is 3.00. The molecule has 1 aromatic carbocycles. The van der Waals surface area contributed by atoms with E-state index >= 15 is 0 Å². The Balaban J connectivity index is 1.72. The average Bonchev–Trinajstić information content (AvgIpc) is 2.96. The van der Waals surface area contributed by atoms with Crippen LogP contribution in [-0.4, -0.2) is 15.0 Å². The number of benzene rings is 1. The quantitative estimate of drug-likeness (QED) is 0.560. The van der Waals surface area contributed by atoms with E-state index in [1.165, 1.54) is 6.42 Å². The largest absolute Gasteiger partial charge is 0.461 e. The van der Waals surface area contributed by atoms with Gasteiger partial charge in [0.1, 0.15) is 22.3 Å². The maximum atomic E-state index is 5.92. The average molecular weight is 323 g/mol. The molecule has 2 atom stereocenters. The number of rotatable bonds is 4. The van der Waals surface area contributed by atoms with Crippen LogP contribution in [0.2, 0.25) is 0 Å². The van der Waals surface area contributed by atoms with E-state index < -0.39 is 0 Å². The van der Waals surface area contributed by atoms with Crippen LogP contribution in [0.5, 0.6) is 0 Å². The van der Waals surface area contributed by atoms with Gasteiger partial charge in [-0.15, -0.1) is 0 Å². The maximum Gasteiger partial charge on any atom is 0.141 e. The van der Waals surface area contributed by atoms with E-state index in [4.69, 9.17) is 22.4 Å². The highest BCUT2D eigenvalue weighted by molar-refractivity contribution is 7.81. The summed E-state index contributed by atoms with van der Waals surface area (Å²) in [5, 5.41) is 0. The zero-order valence-corrected chi connectivity index (χ0v) is 13.6. The molecular weight excluding hydrogens is 306 g/mol. The van der Waals surface area contributed by atoms with Gasteiger partial charge in [-0.05, 0) is 42.7 Å². The van der Waals surface area contributed by atoms with Gasteiger partial charge in [-0.1, -0.05) is 31.3 Å². The molecule has 0 unspecified atom stereocenters. The number of furan rings is 1. The molecule has 0 radical (unpaired) electrons. The first-order valence-corrected chi connectivity index (χ1v) is 8.09. The monoisotopic (exact) mass is 323 g/mol. The van der Waals surface area contributed by atoms with E-state index in [0.29, 0.717) is 28.2 Å². The third-order valence-electron chi connectivity index (χ3n) is 4.32. The molecule has 5 heteroatoms. The number of nitrogens with two attached hydrogens (primary N) is 1. The number of hydrogen-bond acceptors (Lipinski definition) is 3. The number of hydrogen-bond donors (Lipinski definition) is 2. The second-order valence-electron chi connectivity index (χ2n) is 6.08. The minimum atomic E-state index is 0.293. The molecule has 0 saturated heterocycles. The number of nitrogens with one attached hydrogen (secondary N) is 1. The van der Waals surface area contributed by atoms with Crippen LogP contribution in [0, 0.1) is 5.92 Å². The number of H-pyrrole nitrogens is 1. The molecule has 4 rings (SSSR count). The third kappa shape index (κ3) is 2.68. The van der Waals surface area contributed by atoms with Crippen molar-refractivity contribution < 1.29 is 4.42 Å². The Morgan fingerprint density at radius 1 is 1.35 bits per heavy atom. The fraction of sp³-hybridized carbons (Fsp3) is 0.222. The van der Waals surface area contributed by atoms with Crippen molar-refractivity contribution in [2.24, 2.45) is 11.7 Å². The van der Waals surface area contributed by atoms with Crippen LogP contribution in [0.1, 0.15) is 36.6 Å². The van der Waals surface area contributed by atoms with Gasteiger partial charge in [0.05, 0.1) is 16.6 Å². The second-order valence-corrected chi connectivity index (χ2v) is 6.52. The first-order valence-electron chi connectivity index (χ1n) is 7.68. The lowest BCUT2D eigenvalue weighted by Gasteiger charge is -2.00. The van der Waals surface area contributed by atoms with Gasteiger partial charge in [-0.3, -0.25) is 0 Å². The highest BCUT2D eigenvalue weighted by atomic mass is 32.1. The molecule has 3 N–H and O–H groups in total. The van der Waals surface area contributed by atoms with Gasteiger partial charge in [0.15, 0.2) is 0 Å². The second kappa shape index (κ2) is 5.35. The van der Waals surface area contributed by atoms with Crippen LogP contribution in [-0.2, 0) is 0 Å². The van der Waals surface area contributed by atoms with Crippen molar-refractivity contribution >= 4 is 39.9 Å². The van der Waals surface area contributed by atoms with Crippen LogP contribution >= 0.6 is 12.2 Å². The molecule has 1 fully saturated rings. The summed E-state index contributed by atoms with van der Waals surface area (Å²) in [5.74, 6) is 3.72. The third-order valence-corrected chi connectivity index (χ3v) is 4.54. The molecule has 2 aromatic heterocycles. The standard InChI is InChI=1S/C18H17N3OS/c1-10-8-12(10)16-7-6-11(22-16)9-13(17(19)23)18-20-14-4-2-3-5-15(14)21-18/h2-7,9-10,12H,8H2,1H3,(H2,19,23)(H,20,21)/b13-9+/t10-,12-/m0/s1. The molecule has 0 bridgehead atoms. The molecule has 3 aromatic rings. The summed E-state index contributed by atoms with van der Waals surface area (Å²) >= 11 is 5.20. The van der Waals surface area contributed by atoms with E-state index in [0.717, 1.165) is 22.6 Å². The molecule has 4 nitrogen and oxygen atoms in total. The topological polar surface area (TPSA) is 67.8 Å². The number of aromatic amines is 1. The highest BCUT2D eigenvalue weighted by Gasteiger charge is 2.36. The molecule has 1 saturated carbocycles. The number of para-hydroxylation sites is 2. The summed E-state index contributed by atoms with van der Waals surface area (Å²) in [6.45, 7) is 2.23. The van der Waals surface area contributed by atoms with Crippen LogP contribution in [0.3, 0.4) is 0 Å². The Morgan fingerprint density at radius 3 is 2.83 bits per heavy atom. The molecule has 1 aliphatic carbocycles. The van der Waals surface area contributed by atoms with Crippen molar-refractivity contribution in [3.8, 4) is 0 Å². The van der Waals surface area contributed by atoms with Crippen molar-refractivity contribution in [3.05, 3.63) is 53.7 Å². The lowest BCUT2D eigenvalue weighted by molar-refractivity contribution is 0.498. The Kier molecular flexibility index (Phi) is 3.31. The minimum absolute atomic E-state index is 0.293. The van der Waals surface area contributed by atoms with E-state index in [-0.39, 0.29) is 0 Å². The Labute approximate surface area is 139 Å². The number of nitrogens with zero attached hydrogens (tertiary/aromatic N) is 1. The molecule has 0 amide bonds. The van der Waals surface area contributed by atoms with E-state index in [2.05, 4.69) is 16.9 Å². The zero-order valence-electron chi connectivity index (χ0n) is 12.7. The van der Waals surface area contributed by atoms with Crippen LogP contribution in [0.25, 0.3) is 22.7 Å². The van der Waals surface area contributed by atoms with Gasteiger partial charge in [0.2, 0.25) is 0 Å². The van der Waals surface area contributed by atoms with Crippen LogP contribution in [0.15, 0.2) is 40.8 Å². The van der Waals surface area contributed by atoms with E-state index in [1.54, 1.807) is 0 Å². The van der Waals surface area contributed by atoms with Gasteiger partial charge in [-0.2, -0.15) is 0 Å². The van der Waals surface area contributed by atoms with Crippen molar-refractivity contribution in [3.63, 3.8) is 0 Å². The fourth-order valence-electron chi connectivity index (χ4n) is 2.84. The van der Waals surface area contributed by atoms with Gasteiger partial charge < -0.3 is 15.1 Å². The Morgan fingerprint density at radius 2 is 2.13 bits per heavy atom. The number of fused-ring (bicyclic) bond motifs is 1. The lowest BCUT2D eigenvalue weighted by Crippen LogP contribution is -2.11. The van der Waals surface area contributed by atoms with E-state index in [1.807, 2.05) is 42.5 Å². The van der Waals surface area contributed by atoms with Gasteiger partial charge in [0, 0.05) is 5.92 Å². The first-order chi connectivity index (χ1) is 11.1. The number of aromatic nitrogens is 2. The lowest BCUT2D eigenvalue weighted by atomic mass is 10.2. The predicted molar refractivity (Wildman–Crippen MR) is 96.0 cm³/mol. The minimum Gasteiger partial charge on any atom is -0.461 e. The van der Waals surface area contributed by atoms with Crippen molar-refractivity contribution in [2.45, 2.75) is 19.3 Å². The molecular formula is C18H17N3OS. The zero-order chi connectivity index (χ0) is 16.0. The summed E-state index contributed by atoms with van der Waals surface area (Å²) in [4.78, 5) is 8.11. The Hall–Kier alpha value is -2.40. The van der Waals surface area contributed by atoms with Crippen molar-refractivity contribution in [1.29, 1.82) is 0 Å². The summed E-state index contributed by atoms with van der Waals surface area (Å²) in [7, 11) is 0. The van der Waals surface area contributed by atoms with Crippen molar-refractivity contribution in [2.75, 3.05) is 0 Å². The molecule has 0 aliphatic heterocycles. The van der Waals surface area contributed by atoms with E-state index in [9.17, 15) is 0 Å². The molecule has 23 heavy (non-hydrogen) atoms. The normalized spacial score (nSPS) is 20.8. The molecule has 1 aliphatic rings. The van der Waals surface area contributed by atoms with Crippen LogP contribution < -0.4 is 5.73 Å². The summed E-state index contributed by atoms with van der Waals surface area (Å²) in [6, 6.07) is 11.8. The number of imidazole rings is 1. The molecule has 0 spiro atoms. The van der Waals surface area contributed by atoms with Gasteiger partial charge >= 0.3 is 0 Å². The Bertz CT molecular complexity index is 888. The predicted octanol–water partition coefficient (Wildman–Crippen LogP) is 4.11. The molecule has 116 valence electrons. The smallest absolute Gasteiger partial charge is 0.141 e. The summed E-state index contributed by atoms with van der Waals surface area (Å²) in [5.41, 5.74) is 8.42. The number of thiocarbonyl (C=S) groups is 1. The SMILES string of the molecule is C[C@H]1C[C@@H]1c1ccc(/C=C(\C(N)=S)c2nc3ccccc3[nH]2)o1. The molecule has 2 heterocycles. The highest BCUT2D eigenvalue weighted by Crippen LogP contribution is 2.47. The first kappa shape index (κ1) is 14.2. The maximum absolute atomic E-state index is 5.92. The summed E-state index contributed by atoms with van der Waals surface area (Å²) < 4.78 is 5.92. The van der Waals surface area contributed by atoms with Crippen LogP contribution in [0.4, 0.5) is 0 Å². The summed E-state index contributed by atoms with van der Waals surface area (Å²) in [6.07, 6.45) is 3.05. The van der Waals surface area contributed by atoms with Gasteiger partial charge in [0.25, 0.3) is 0 Å². The van der Waals surface area contributed by atoms with Gasteiger partial charge in [-0.25, -0.2) is 4.98 Å². The van der Waals surface area contributed by atoms with Crippen molar-refractivity contribution in [1.82, 2.24) is 9.97 Å².